The molecule has 0 bridgehead atoms. The van der Waals surface area contributed by atoms with E-state index in [-0.39, 0.29) is 29.9 Å². The maximum Gasteiger partial charge on any atom is 0.220 e. The van der Waals surface area contributed by atoms with Gasteiger partial charge in [0.15, 0.2) is 5.96 Å². The Hall–Kier alpha value is -1.32. The molecule has 0 radical (unpaired) electrons. The molecule has 1 saturated heterocycles. The van der Waals surface area contributed by atoms with Crippen molar-refractivity contribution in [3.63, 3.8) is 0 Å². The summed E-state index contributed by atoms with van der Waals surface area (Å²) in [6.45, 7) is 5.46. The molecule has 7 nitrogen and oxygen atoms in total. The van der Waals surface area contributed by atoms with E-state index in [1.165, 1.54) is 25.7 Å². The summed E-state index contributed by atoms with van der Waals surface area (Å²) >= 11 is 0. The summed E-state index contributed by atoms with van der Waals surface area (Å²) in [5.41, 5.74) is 1.03. The molecule has 28 heavy (non-hydrogen) atoms. The highest BCUT2D eigenvalue weighted by molar-refractivity contribution is 14.0. The molecule has 2 fully saturated rings. The van der Waals surface area contributed by atoms with Crippen LogP contribution in [0.4, 0.5) is 0 Å². The maximum absolute atomic E-state index is 11.6. The van der Waals surface area contributed by atoms with Crippen molar-refractivity contribution in [2.45, 2.75) is 64.5 Å². The molecule has 1 aliphatic carbocycles. The van der Waals surface area contributed by atoms with Gasteiger partial charge in [0.05, 0.1) is 18.3 Å². The fourth-order valence-corrected chi connectivity index (χ4v) is 4.13. The Balaban J connectivity index is 0.00000280. The maximum atomic E-state index is 11.6. The zero-order valence-corrected chi connectivity index (χ0v) is 19.5. The second kappa shape index (κ2) is 11.6. The predicted octanol–water partition coefficient (Wildman–Crippen LogP) is 2.93. The Morgan fingerprint density at radius 2 is 1.96 bits per heavy atom. The van der Waals surface area contributed by atoms with Crippen LogP contribution in [0.3, 0.4) is 0 Å². The van der Waals surface area contributed by atoms with Gasteiger partial charge >= 0.3 is 0 Å². The minimum Gasteiger partial charge on any atom is -0.359 e. The van der Waals surface area contributed by atoms with Gasteiger partial charge in [-0.15, -0.1) is 24.0 Å². The Morgan fingerprint density at radius 1 is 1.25 bits per heavy atom. The summed E-state index contributed by atoms with van der Waals surface area (Å²) in [6.07, 6.45) is 9.95. The van der Waals surface area contributed by atoms with Gasteiger partial charge in [-0.1, -0.05) is 12.8 Å². The number of carbonyl (C=O) groups is 1. The molecule has 0 unspecified atom stereocenters. The average Bonchev–Trinajstić information content (AvgIpc) is 3.37. The third-order valence-corrected chi connectivity index (χ3v) is 5.76. The van der Waals surface area contributed by atoms with Crippen LogP contribution in [-0.4, -0.2) is 53.2 Å². The van der Waals surface area contributed by atoms with E-state index in [9.17, 15) is 4.79 Å². The lowest BCUT2D eigenvalue weighted by molar-refractivity contribution is -0.121. The van der Waals surface area contributed by atoms with E-state index in [0.29, 0.717) is 24.9 Å². The second-order valence-electron chi connectivity index (χ2n) is 7.70. The number of rotatable bonds is 6. The highest BCUT2D eigenvalue weighted by atomic mass is 127. The molecule has 0 atom stereocenters. The lowest BCUT2D eigenvalue weighted by Gasteiger charge is -2.34. The fraction of sp³-hybridized carbons (Fsp3) is 0.750. The summed E-state index contributed by atoms with van der Waals surface area (Å²) in [5, 5.41) is 10.9. The molecule has 1 aromatic rings. The third kappa shape index (κ3) is 6.35. The highest BCUT2D eigenvalue weighted by Crippen LogP contribution is 2.28. The first-order chi connectivity index (χ1) is 13.2. The number of guanidine groups is 1. The van der Waals surface area contributed by atoms with E-state index in [1.807, 2.05) is 0 Å². The van der Waals surface area contributed by atoms with Crippen LogP contribution in [0.25, 0.3) is 0 Å². The first-order valence-electron chi connectivity index (χ1n) is 10.5. The van der Waals surface area contributed by atoms with Gasteiger partial charge in [0, 0.05) is 39.3 Å². The standard InChI is InChI=1S/C20H34N6O.HI/c1-3-22-20(25-11-8-16(9-12-25)14-19(27)21-2)23-15-17-10-13-26(24-17)18-6-4-5-7-18;/h10,13,16,18H,3-9,11-12,14-15H2,1-2H3,(H,21,27)(H,22,23);1H. The lowest BCUT2D eigenvalue weighted by atomic mass is 9.93. The van der Waals surface area contributed by atoms with Crippen LogP contribution in [0.15, 0.2) is 17.3 Å². The van der Waals surface area contributed by atoms with Crippen LogP contribution in [0.1, 0.15) is 63.6 Å². The first-order valence-corrected chi connectivity index (χ1v) is 10.5. The molecule has 1 aliphatic heterocycles. The molecule has 2 heterocycles. The van der Waals surface area contributed by atoms with E-state index in [0.717, 1.165) is 44.1 Å². The predicted molar refractivity (Wildman–Crippen MR) is 123 cm³/mol. The quantitative estimate of drug-likeness (QED) is 0.357. The minimum atomic E-state index is 0. The largest absolute Gasteiger partial charge is 0.359 e. The number of piperidine rings is 1. The van der Waals surface area contributed by atoms with Crippen molar-refractivity contribution in [3.05, 3.63) is 18.0 Å². The second-order valence-corrected chi connectivity index (χ2v) is 7.70. The molecule has 0 spiro atoms. The highest BCUT2D eigenvalue weighted by Gasteiger charge is 2.23. The summed E-state index contributed by atoms with van der Waals surface area (Å²) in [4.78, 5) is 18.7. The topological polar surface area (TPSA) is 74.5 Å². The van der Waals surface area contributed by atoms with E-state index in [4.69, 9.17) is 10.1 Å². The SMILES string of the molecule is CCNC(=NCc1ccn(C2CCCC2)n1)N1CCC(CC(=O)NC)CC1.I. The molecule has 3 rings (SSSR count). The number of aliphatic imine (C=N–C) groups is 1. The number of halogens is 1. The summed E-state index contributed by atoms with van der Waals surface area (Å²) in [5.74, 6) is 1.59. The van der Waals surface area contributed by atoms with E-state index >= 15 is 0 Å². The number of hydrogen-bond acceptors (Lipinski definition) is 3. The van der Waals surface area contributed by atoms with Crippen molar-refractivity contribution in [1.82, 2.24) is 25.3 Å². The monoisotopic (exact) mass is 502 g/mol. The van der Waals surface area contributed by atoms with Crippen LogP contribution >= 0.6 is 24.0 Å². The molecule has 8 heteroatoms. The van der Waals surface area contributed by atoms with Crippen LogP contribution in [0, 0.1) is 5.92 Å². The van der Waals surface area contributed by atoms with Crippen LogP contribution < -0.4 is 10.6 Å². The van der Waals surface area contributed by atoms with Crippen molar-refractivity contribution in [3.8, 4) is 0 Å². The van der Waals surface area contributed by atoms with Crippen molar-refractivity contribution in [1.29, 1.82) is 0 Å². The van der Waals surface area contributed by atoms with Gasteiger partial charge in [-0.3, -0.25) is 9.48 Å². The third-order valence-electron chi connectivity index (χ3n) is 5.76. The zero-order chi connectivity index (χ0) is 19.1. The number of amides is 1. The van der Waals surface area contributed by atoms with Gasteiger partial charge in [-0.2, -0.15) is 5.10 Å². The molecule has 1 saturated carbocycles. The minimum absolute atomic E-state index is 0. The van der Waals surface area contributed by atoms with Gasteiger partial charge in [-0.25, -0.2) is 4.99 Å². The van der Waals surface area contributed by atoms with Crippen molar-refractivity contribution >= 4 is 35.8 Å². The summed E-state index contributed by atoms with van der Waals surface area (Å²) < 4.78 is 2.13. The van der Waals surface area contributed by atoms with E-state index < -0.39 is 0 Å². The first kappa shape index (κ1) is 23.0. The number of nitrogens with zero attached hydrogens (tertiary/aromatic N) is 4. The van der Waals surface area contributed by atoms with Gasteiger partial charge in [0.2, 0.25) is 5.91 Å². The number of hydrogen-bond donors (Lipinski definition) is 2. The smallest absolute Gasteiger partial charge is 0.220 e. The van der Waals surface area contributed by atoms with Crippen LogP contribution in [0.2, 0.25) is 0 Å². The molecule has 158 valence electrons. The number of likely N-dealkylation sites (tertiary alicyclic amines) is 1. The van der Waals surface area contributed by atoms with Crippen molar-refractivity contribution in [2.75, 3.05) is 26.7 Å². The Kier molecular flexibility index (Phi) is 9.53. The Labute approximate surface area is 185 Å². The van der Waals surface area contributed by atoms with Gasteiger partial charge in [0.25, 0.3) is 0 Å². The van der Waals surface area contributed by atoms with Gasteiger partial charge < -0.3 is 15.5 Å². The van der Waals surface area contributed by atoms with E-state index in [1.54, 1.807) is 7.05 Å². The normalized spacial score (nSPS) is 18.8. The summed E-state index contributed by atoms with van der Waals surface area (Å²) in [7, 11) is 1.71. The molecular weight excluding hydrogens is 467 g/mol. The molecule has 1 amide bonds. The molecule has 2 aliphatic rings. The van der Waals surface area contributed by atoms with Crippen LogP contribution in [0.5, 0.6) is 0 Å². The van der Waals surface area contributed by atoms with Gasteiger partial charge in [-0.05, 0) is 44.6 Å². The summed E-state index contributed by atoms with van der Waals surface area (Å²) in [6, 6.07) is 2.68. The number of aromatic nitrogens is 2. The van der Waals surface area contributed by atoms with Crippen molar-refractivity contribution in [2.24, 2.45) is 10.9 Å². The number of nitrogens with one attached hydrogen (secondary N) is 2. The zero-order valence-electron chi connectivity index (χ0n) is 17.2. The Bertz CT molecular complexity index is 632. The molecule has 0 aromatic carbocycles. The molecule has 1 aromatic heterocycles. The van der Waals surface area contributed by atoms with E-state index in [2.05, 4.69) is 39.4 Å². The molecule has 2 N–H and O–H groups in total. The molecular formula is C20H35IN6O. The fourth-order valence-electron chi connectivity index (χ4n) is 4.13. The Morgan fingerprint density at radius 3 is 2.61 bits per heavy atom. The van der Waals surface area contributed by atoms with Gasteiger partial charge in [0.1, 0.15) is 0 Å². The average molecular weight is 502 g/mol. The number of carbonyl (C=O) groups excluding carboxylic acids is 1. The van der Waals surface area contributed by atoms with Crippen molar-refractivity contribution < 1.29 is 4.79 Å². The lowest BCUT2D eigenvalue weighted by Crippen LogP contribution is -2.46. The van der Waals surface area contributed by atoms with Crippen LogP contribution in [-0.2, 0) is 11.3 Å².